The van der Waals surface area contributed by atoms with Crippen LogP contribution in [0.5, 0.6) is 0 Å². The highest BCUT2D eigenvalue weighted by Crippen LogP contribution is 2.36. The molecule has 0 radical (unpaired) electrons. The summed E-state index contributed by atoms with van der Waals surface area (Å²) in [6.07, 6.45) is -10.1. The monoisotopic (exact) mass is 459 g/mol. The molecule has 0 aromatic heterocycles. The van der Waals surface area contributed by atoms with Crippen molar-refractivity contribution in [2.45, 2.75) is 12.4 Å². The van der Waals surface area contributed by atoms with Crippen LogP contribution in [0.3, 0.4) is 0 Å². The van der Waals surface area contributed by atoms with Crippen LogP contribution in [-0.2, 0) is 17.1 Å². The van der Waals surface area contributed by atoms with E-state index in [1.807, 2.05) is 30.3 Å². The number of nitrogens with zero attached hydrogens (tertiary/aromatic N) is 2. The van der Waals surface area contributed by atoms with Gasteiger partial charge in [-0.2, -0.15) is 26.3 Å². The van der Waals surface area contributed by atoms with Crippen molar-refractivity contribution in [3.8, 4) is 0 Å². The molecule has 11 heteroatoms. The van der Waals surface area contributed by atoms with E-state index in [0.717, 1.165) is 5.69 Å². The molecule has 2 aromatic carbocycles. The quantitative estimate of drug-likeness (QED) is 0.708. The summed E-state index contributed by atoms with van der Waals surface area (Å²) < 4.78 is 77.7. The number of alkyl halides is 6. The Labute approximate surface area is 179 Å². The summed E-state index contributed by atoms with van der Waals surface area (Å²) in [5.74, 6) is -1.67. The fourth-order valence-electron chi connectivity index (χ4n) is 3.31. The number of carbonyl (C=O) groups excluding carboxylic acids is 2. The van der Waals surface area contributed by atoms with Crippen LogP contribution in [0, 0.1) is 0 Å². The van der Waals surface area contributed by atoms with Gasteiger partial charge in [0.25, 0.3) is 5.91 Å². The van der Waals surface area contributed by atoms with Crippen LogP contribution in [0.4, 0.5) is 32.0 Å². The number of hydrogen-bond acceptors (Lipinski definition) is 3. The van der Waals surface area contributed by atoms with Gasteiger partial charge >= 0.3 is 12.4 Å². The first-order valence-corrected chi connectivity index (χ1v) is 9.60. The Balaban J connectivity index is 1.61. The van der Waals surface area contributed by atoms with E-state index in [2.05, 4.69) is 10.2 Å². The van der Waals surface area contributed by atoms with Gasteiger partial charge in [-0.05, 0) is 30.3 Å². The first kappa shape index (κ1) is 23.4. The lowest BCUT2D eigenvalue weighted by Crippen LogP contribution is -2.51. The number of para-hydroxylation sites is 1. The van der Waals surface area contributed by atoms with Gasteiger partial charge in [-0.1, -0.05) is 18.2 Å². The standard InChI is InChI=1S/C21H19F6N3O2/c22-20(23,24)15-10-14(11-16(12-15)21(25,26)27)19(32)28-13-18(31)30-8-6-29(7-9-30)17-4-2-1-3-5-17/h1-5,10-12H,6-9,13H2,(H,28,32). The second-order valence-corrected chi connectivity index (χ2v) is 7.18. The number of rotatable bonds is 4. The first-order chi connectivity index (χ1) is 14.9. The molecule has 1 aliphatic rings. The Hall–Kier alpha value is -3.24. The number of carbonyl (C=O) groups is 2. The van der Waals surface area contributed by atoms with Crippen LogP contribution in [0.2, 0.25) is 0 Å². The van der Waals surface area contributed by atoms with Gasteiger partial charge in [0.1, 0.15) is 0 Å². The molecule has 0 atom stereocenters. The first-order valence-electron chi connectivity index (χ1n) is 9.60. The zero-order valence-electron chi connectivity index (χ0n) is 16.6. The van der Waals surface area contributed by atoms with Gasteiger partial charge in [-0.25, -0.2) is 0 Å². The van der Waals surface area contributed by atoms with Gasteiger partial charge in [0.05, 0.1) is 17.7 Å². The van der Waals surface area contributed by atoms with Crippen molar-refractivity contribution in [2.24, 2.45) is 0 Å². The molecule has 0 unspecified atom stereocenters. The highest BCUT2D eigenvalue weighted by molar-refractivity contribution is 5.96. The van der Waals surface area contributed by atoms with Crippen LogP contribution >= 0.6 is 0 Å². The highest BCUT2D eigenvalue weighted by atomic mass is 19.4. The predicted molar refractivity (Wildman–Crippen MR) is 104 cm³/mol. The third-order valence-electron chi connectivity index (χ3n) is 5.00. The number of nitrogens with one attached hydrogen (secondary N) is 1. The fraction of sp³-hybridized carbons (Fsp3) is 0.333. The summed E-state index contributed by atoms with van der Waals surface area (Å²) in [5, 5.41) is 2.12. The molecule has 5 nitrogen and oxygen atoms in total. The molecule has 1 heterocycles. The lowest BCUT2D eigenvalue weighted by molar-refractivity contribution is -0.143. The van der Waals surface area contributed by atoms with Crippen molar-refractivity contribution in [1.82, 2.24) is 10.2 Å². The highest BCUT2D eigenvalue weighted by Gasteiger charge is 2.37. The van der Waals surface area contributed by atoms with Crippen molar-refractivity contribution in [2.75, 3.05) is 37.6 Å². The largest absolute Gasteiger partial charge is 0.416 e. The number of hydrogen-bond donors (Lipinski definition) is 1. The maximum absolute atomic E-state index is 12.9. The molecule has 172 valence electrons. The predicted octanol–water partition coefficient (Wildman–Crippen LogP) is 3.80. The Bertz CT molecular complexity index is 935. The molecule has 0 bridgehead atoms. The summed E-state index contributed by atoms with van der Waals surface area (Å²) in [7, 11) is 0. The second-order valence-electron chi connectivity index (χ2n) is 7.18. The molecule has 0 aliphatic carbocycles. The minimum absolute atomic E-state index is 0.0614. The van der Waals surface area contributed by atoms with Crippen LogP contribution in [0.25, 0.3) is 0 Å². The van der Waals surface area contributed by atoms with Gasteiger partial charge in [-0.3, -0.25) is 9.59 Å². The summed E-state index contributed by atoms with van der Waals surface area (Å²) in [6, 6.07) is 10.1. The van der Waals surface area contributed by atoms with Crippen molar-refractivity contribution in [1.29, 1.82) is 0 Å². The maximum atomic E-state index is 12.9. The van der Waals surface area contributed by atoms with Crippen LogP contribution in [0.15, 0.2) is 48.5 Å². The van der Waals surface area contributed by atoms with Crippen LogP contribution in [-0.4, -0.2) is 49.4 Å². The van der Waals surface area contributed by atoms with Gasteiger partial charge < -0.3 is 15.1 Å². The molecule has 2 amide bonds. The van der Waals surface area contributed by atoms with E-state index in [1.54, 1.807) is 0 Å². The number of piperazine rings is 1. The fourth-order valence-corrected chi connectivity index (χ4v) is 3.31. The SMILES string of the molecule is O=C(NCC(=O)N1CCN(c2ccccc2)CC1)c1cc(C(F)(F)F)cc(C(F)(F)F)c1. The Morgan fingerprint density at radius 2 is 1.34 bits per heavy atom. The van der Waals surface area contributed by atoms with Crippen LogP contribution < -0.4 is 10.2 Å². The van der Waals surface area contributed by atoms with Crippen molar-refractivity contribution in [3.63, 3.8) is 0 Å². The molecule has 1 fully saturated rings. The number of amides is 2. The molecule has 32 heavy (non-hydrogen) atoms. The van der Waals surface area contributed by atoms with E-state index >= 15 is 0 Å². The lowest BCUT2D eigenvalue weighted by atomic mass is 10.0. The molecule has 0 spiro atoms. The Morgan fingerprint density at radius 3 is 1.84 bits per heavy atom. The van der Waals surface area contributed by atoms with Crippen molar-refractivity contribution < 1.29 is 35.9 Å². The van der Waals surface area contributed by atoms with E-state index < -0.39 is 47.4 Å². The van der Waals surface area contributed by atoms with E-state index in [-0.39, 0.29) is 6.07 Å². The summed E-state index contributed by atoms with van der Waals surface area (Å²) in [6.45, 7) is 1.29. The molecule has 0 saturated carbocycles. The third-order valence-corrected chi connectivity index (χ3v) is 5.00. The summed E-state index contributed by atoms with van der Waals surface area (Å²) in [4.78, 5) is 28.1. The average molecular weight is 459 g/mol. The summed E-state index contributed by atoms with van der Waals surface area (Å²) >= 11 is 0. The molecule has 1 aliphatic heterocycles. The van der Waals surface area contributed by atoms with Crippen molar-refractivity contribution >= 4 is 17.5 Å². The van der Waals surface area contributed by atoms with Gasteiger partial charge in [-0.15, -0.1) is 0 Å². The van der Waals surface area contributed by atoms with E-state index in [4.69, 9.17) is 0 Å². The Morgan fingerprint density at radius 1 is 0.812 bits per heavy atom. The lowest BCUT2D eigenvalue weighted by Gasteiger charge is -2.36. The molecule has 1 saturated heterocycles. The van der Waals surface area contributed by atoms with Gasteiger partial charge in [0, 0.05) is 37.4 Å². The molecule has 2 aromatic rings. The molecule has 1 N–H and O–H groups in total. The second kappa shape index (κ2) is 9.09. The van der Waals surface area contributed by atoms with Gasteiger partial charge in [0.15, 0.2) is 0 Å². The van der Waals surface area contributed by atoms with Gasteiger partial charge in [0.2, 0.25) is 5.91 Å². The molecular formula is C21H19F6N3O2. The maximum Gasteiger partial charge on any atom is 0.416 e. The van der Waals surface area contributed by atoms with E-state index in [1.165, 1.54) is 4.90 Å². The minimum atomic E-state index is -5.06. The topological polar surface area (TPSA) is 52.7 Å². The Kier molecular flexibility index (Phi) is 6.65. The number of halogens is 6. The smallest absolute Gasteiger partial charge is 0.368 e. The van der Waals surface area contributed by atoms with Crippen LogP contribution in [0.1, 0.15) is 21.5 Å². The zero-order chi connectivity index (χ0) is 23.5. The van der Waals surface area contributed by atoms with E-state index in [9.17, 15) is 35.9 Å². The summed E-state index contributed by atoms with van der Waals surface area (Å²) in [5.41, 5.74) is -3.02. The average Bonchev–Trinajstić information content (AvgIpc) is 2.76. The zero-order valence-corrected chi connectivity index (χ0v) is 16.6. The minimum Gasteiger partial charge on any atom is -0.368 e. The van der Waals surface area contributed by atoms with Crippen molar-refractivity contribution in [3.05, 3.63) is 65.2 Å². The normalized spacial score (nSPS) is 14.9. The molecule has 3 rings (SSSR count). The number of anilines is 1. The third kappa shape index (κ3) is 5.71. The number of benzene rings is 2. The molecular weight excluding hydrogens is 440 g/mol. The van der Waals surface area contributed by atoms with E-state index in [0.29, 0.717) is 38.3 Å².